The third-order valence-electron chi connectivity index (χ3n) is 5.10. The van der Waals surface area contributed by atoms with Gasteiger partial charge in [-0.25, -0.2) is 9.97 Å². The van der Waals surface area contributed by atoms with Crippen LogP contribution in [0.25, 0.3) is 0 Å². The molecule has 1 N–H and O–H groups in total. The molecule has 0 aliphatic carbocycles. The van der Waals surface area contributed by atoms with Crippen molar-refractivity contribution in [3.05, 3.63) is 83.7 Å². The number of para-hydroxylation sites is 1. The highest BCUT2D eigenvalue weighted by Gasteiger charge is 2.23. The van der Waals surface area contributed by atoms with E-state index in [1.807, 2.05) is 29.2 Å². The van der Waals surface area contributed by atoms with Crippen molar-refractivity contribution in [1.82, 2.24) is 14.9 Å². The molecule has 1 aliphatic rings. The second-order valence-corrected chi connectivity index (χ2v) is 7.22. The van der Waals surface area contributed by atoms with Crippen LogP contribution in [0, 0.1) is 6.92 Å². The van der Waals surface area contributed by atoms with Gasteiger partial charge >= 0.3 is 0 Å². The van der Waals surface area contributed by atoms with Crippen molar-refractivity contribution in [2.45, 2.75) is 13.5 Å². The quantitative estimate of drug-likeness (QED) is 0.727. The fraction of sp³-hybridized carbons (Fsp3) is 0.261. The van der Waals surface area contributed by atoms with Gasteiger partial charge in [0, 0.05) is 44.6 Å². The molecule has 0 saturated carbocycles. The number of aryl methyl sites for hydroxylation is 1. The van der Waals surface area contributed by atoms with Crippen LogP contribution in [0.2, 0.25) is 0 Å². The Morgan fingerprint density at radius 3 is 2.55 bits per heavy atom. The number of rotatable bonds is 5. The summed E-state index contributed by atoms with van der Waals surface area (Å²) in [7, 11) is 0. The number of nitrogens with one attached hydrogen (secondary N) is 1. The first-order chi connectivity index (χ1) is 14.2. The van der Waals surface area contributed by atoms with Gasteiger partial charge in [-0.05, 0) is 30.7 Å². The average Bonchev–Trinajstić information content (AvgIpc) is 2.78. The smallest absolute Gasteiger partial charge is 0.272 e. The van der Waals surface area contributed by atoms with Gasteiger partial charge in [0.2, 0.25) is 5.95 Å². The van der Waals surface area contributed by atoms with E-state index in [0.29, 0.717) is 31.3 Å². The molecule has 0 spiro atoms. The summed E-state index contributed by atoms with van der Waals surface area (Å²) in [6.07, 6.45) is 1.64. The van der Waals surface area contributed by atoms with Crippen molar-refractivity contribution in [2.75, 3.05) is 36.4 Å². The standard InChI is InChI=1S/C23H25N5O/c1-18-6-5-7-19(16-18)17-25-23-24-11-10-21(26-23)22(29)28-14-12-27(13-15-28)20-8-3-2-4-9-20/h2-11,16H,12-15,17H2,1H3,(H,24,25,26). The molecule has 0 atom stereocenters. The molecule has 148 valence electrons. The zero-order valence-corrected chi connectivity index (χ0v) is 16.6. The molecule has 2 heterocycles. The maximum absolute atomic E-state index is 12.9. The molecule has 1 amide bonds. The van der Waals surface area contributed by atoms with Gasteiger partial charge in [0.25, 0.3) is 5.91 Å². The van der Waals surface area contributed by atoms with Gasteiger partial charge in [0.1, 0.15) is 5.69 Å². The molecular formula is C23H25N5O. The van der Waals surface area contributed by atoms with E-state index in [1.165, 1.54) is 11.3 Å². The highest BCUT2D eigenvalue weighted by atomic mass is 16.2. The first kappa shape index (κ1) is 18.9. The van der Waals surface area contributed by atoms with Gasteiger partial charge in [-0.15, -0.1) is 0 Å². The Balaban J connectivity index is 1.36. The minimum Gasteiger partial charge on any atom is -0.368 e. The second kappa shape index (κ2) is 8.73. The number of benzene rings is 2. The summed E-state index contributed by atoms with van der Waals surface area (Å²) < 4.78 is 0. The van der Waals surface area contributed by atoms with Crippen LogP contribution in [0.1, 0.15) is 21.6 Å². The summed E-state index contributed by atoms with van der Waals surface area (Å²) in [6.45, 7) is 5.69. The van der Waals surface area contributed by atoms with Crippen molar-refractivity contribution in [2.24, 2.45) is 0 Å². The largest absolute Gasteiger partial charge is 0.368 e. The molecule has 0 unspecified atom stereocenters. The summed E-state index contributed by atoms with van der Waals surface area (Å²) in [5.41, 5.74) is 4.00. The van der Waals surface area contributed by atoms with E-state index < -0.39 is 0 Å². The number of anilines is 2. The summed E-state index contributed by atoms with van der Waals surface area (Å²) >= 11 is 0. The minimum atomic E-state index is -0.0429. The Kier molecular flexibility index (Phi) is 5.70. The van der Waals surface area contributed by atoms with Crippen LogP contribution >= 0.6 is 0 Å². The molecule has 1 aromatic heterocycles. The summed E-state index contributed by atoms with van der Waals surface area (Å²) in [5, 5.41) is 3.21. The third kappa shape index (κ3) is 4.71. The van der Waals surface area contributed by atoms with Gasteiger partial charge in [0.15, 0.2) is 0 Å². The van der Waals surface area contributed by atoms with E-state index in [2.05, 4.69) is 57.4 Å². The van der Waals surface area contributed by atoms with Gasteiger partial charge < -0.3 is 15.1 Å². The van der Waals surface area contributed by atoms with E-state index in [9.17, 15) is 4.79 Å². The lowest BCUT2D eigenvalue weighted by Crippen LogP contribution is -2.49. The molecule has 6 heteroatoms. The van der Waals surface area contributed by atoms with Crippen molar-refractivity contribution >= 4 is 17.5 Å². The first-order valence-electron chi connectivity index (χ1n) is 9.91. The van der Waals surface area contributed by atoms with Crippen LogP contribution in [-0.4, -0.2) is 47.0 Å². The number of aromatic nitrogens is 2. The number of hydrogen-bond donors (Lipinski definition) is 1. The molecule has 4 rings (SSSR count). The zero-order valence-electron chi connectivity index (χ0n) is 16.6. The van der Waals surface area contributed by atoms with Crippen molar-refractivity contribution < 1.29 is 4.79 Å². The van der Waals surface area contributed by atoms with Gasteiger partial charge in [0.05, 0.1) is 0 Å². The number of hydrogen-bond acceptors (Lipinski definition) is 5. The molecule has 1 saturated heterocycles. The van der Waals surface area contributed by atoms with Crippen molar-refractivity contribution in [3.63, 3.8) is 0 Å². The molecular weight excluding hydrogens is 362 g/mol. The number of carbonyl (C=O) groups excluding carboxylic acids is 1. The molecule has 2 aromatic carbocycles. The average molecular weight is 387 g/mol. The summed E-state index contributed by atoms with van der Waals surface area (Å²) in [6, 6.07) is 20.3. The number of carbonyl (C=O) groups is 1. The van der Waals surface area contributed by atoms with E-state index in [0.717, 1.165) is 18.7 Å². The van der Waals surface area contributed by atoms with Crippen LogP contribution in [0.5, 0.6) is 0 Å². The molecule has 0 bridgehead atoms. The maximum Gasteiger partial charge on any atom is 0.272 e. The number of nitrogens with zero attached hydrogens (tertiary/aromatic N) is 4. The van der Waals surface area contributed by atoms with Crippen LogP contribution in [-0.2, 0) is 6.54 Å². The van der Waals surface area contributed by atoms with Gasteiger partial charge in [-0.2, -0.15) is 0 Å². The molecule has 6 nitrogen and oxygen atoms in total. The third-order valence-corrected chi connectivity index (χ3v) is 5.10. The Bertz CT molecular complexity index is 968. The lowest BCUT2D eigenvalue weighted by molar-refractivity contribution is 0.0741. The molecule has 0 radical (unpaired) electrons. The van der Waals surface area contributed by atoms with Gasteiger partial charge in [-0.3, -0.25) is 4.79 Å². The maximum atomic E-state index is 12.9. The Labute approximate surface area is 171 Å². The van der Waals surface area contributed by atoms with Gasteiger partial charge in [-0.1, -0.05) is 48.0 Å². The van der Waals surface area contributed by atoms with Crippen LogP contribution < -0.4 is 10.2 Å². The van der Waals surface area contributed by atoms with Crippen molar-refractivity contribution in [1.29, 1.82) is 0 Å². The monoisotopic (exact) mass is 387 g/mol. The van der Waals surface area contributed by atoms with E-state index in [1.54, 1.807) is 12.3 Å². The predicted molar refractivity (Wildman–Crippen MR) is 115 cm³/mol. The lowest BCUT2D eigenvalue weighted by Gasteiger charge is -2.36. The number of amides is 1. The Morgan fingerprint density at radius 2 is 1.79 bits per heavy atom. The van der Waals surface area contributed by atoms with E-state index in [-0.39, 0.29) is 5.91 Å². The molecule has 1 aliphatic heterocycles. The summed E-state index contributed by atoms with van der Waals surface area (Å²) in [5.74, 6) is 0.430. The van der Waals surface area contributed by atoms with E-state index >= 15 is 0 Å². The van der Waals surface area contributed by atoms with Crippen LogP contribution in [0.3, 0.4) is 0 Å². The highest BCUT2D eigenvalue weighted by molar-refractivity contribution is 5.92. The molecule has 1 fully saturated rings. The zero-order chi connectivity index (χ0) is 20.1. The Morgan fingerprint density at radius 1 is 1.00 bits per heavy atom. The fourth-order valence-electron chi connectivity index (χ4n) is 3.53. The molecule has 29 heavy (non-hydrogen) atoms. The Hall–Kier alpha value is -3.41. The fourth-order valence-corrected chi connectivity index (χ4v) is 3.53. The SMILES string of the molecule is Cc1cccc(CNc2nccc(C(=O)N3CCN(c4ccccc4)CC3)n2)c1. The second-order valence-electron chi connectivity index (χ2n) is 7.22. The minimum absolute atomic E-state index is 0.0429. The van der Waals surface area contributed by atoms with Crippen LogP contribution in [0.4, 0.5) is 11.6 Å². The van der Waals surface area contributed by atoms with Crippen molar-refractivity contribution in [3.8, 4) is 0 Å². The first-order valence-corrected chi connectivity index (χ1v) is 9.91. The van der Waals surface area contributed by atoms with Crippen LogP contribution in [0.15, 0.2) is 66.9 Å². The number of piperazine rings is 1. The topological polar surface area (TPSA) is 61.4 Å². The lowest BCUT2D eigenvalue weighted by atomic mass is 10.1. The predicted octanol–water partition coefficient (Wildman–Crippen LogP) is 3.36. The summed E-state index contributed by atoms with van der Waals surface area (Å²) in [4.78, 5) is 25.8. The normalized spacial score (nSPS) is 14.0. The highest BCUT2D eigenvalue weighted by Crippen LogP contribution is 2.17. The molecule has 3 aromatic rings. The van der Waals surface area contributed by atoms with E-state index in [4.69, 9.17) is 0 Å².